The van der Waals surface area contributed by atoms with Gasteiger partial charge in [0.2, 0.25) is 0 Å². The molecule has 0 bridgehead atoms. The van der Waals surface area contributed by atoms with E-state index in [-0.39, 0.29) is 0 Å². The van der Waals surface area contributed by atoms with Crippen molar-refractivity contribution in [3.8, 4) is 6.07 Å². The van der Waals surface area contributed by atoms with Gasteiger partial charge in [0.1, 0.15) is 0 Å². The van der Waals surface area contributed by atoms with Gasteiger partial charge in [-0.3, -0.25) is 0 Å². The summed E-state index contributed by atoms with van der Waals surface area (Å²) in [5.74, 6) is 0. The number of rotatable bonds is 3. The van der Waals surface area contributed by atoms with Crippen LogP contribution < -0.4 is 5.32 Å². The van der Waals surface area contributed by atoms with Crippen LogP contribution in [0.5, 0.6) is 0 Å². The van der Waals surface area contributed by atoms with E-state index in [0.29, 0.717) is 24.1 Å². The van der Waals surface area contributed by atoms with E-state index in [9.17, 15) is 0 Å². The lowest BCUT2D eigenvalue weighted by Crippen LogP contribution is -2.40. The molecule has 0 spiro atoms. The standard InChI is InChI=1S/C8H15N3S/c1-7(2)10-8(12)11(3)6-4-5-9/h7H,4,6H2,1-3H3,(H,10,12). The average Bonchev–Trinajstić information content (AvgIpc) is 1.98. The van der Waals surface area contributed by atoms with Crippen LogP contribution in [0.2, 0.25) is 0 Å². The monoisotopic (exact) mass is 185 g/mol. The molecule has 0 heterocycles. The molecule has 0 fully saturated rings. The lowest BCUT2D eigenvalue weighted by molar-refractivity contribution is 0.495. The van der Waals surface area contributed by atoms with E-state index in [0.717, 1.165) is 0 Å². The second kappa shape index (κ2) is 5.78. The molecule has 0 atom stereocenters. The molecule has 0 rings (SSSR count). The molecule has 1 N–H and O–H groups in total. The highest BCUT2D eigenvalue weighted by molar-refractivity contribution is 7.80. The molecule has 0 aromatic heterocycles. The molecule has 3 nitrogen and oxygen atoms in total. The highest BCUT2D eigenvalue weighted by atomic mass is 32.1. The van der Waals surface area contributed by atoms with Gasteiger partial charge in [-0.15, -0.1) is 0 Å². The first-order valence-corrected chi connectivity index (χ1v) is 4.37. The summed E-state index contributed by atoms with van der Waals surface area (Å²) in [6.07, 6.45) is 0.510. The van der Waals surface area contributed by atoms with Crippen molar-refractivity contribution in [1.82, 2.24) is 10.2 Å². The summed E-state index contributed by atoms with van der Waals surface area (Å²) in [5.41, 5.74) is 0. The van der Waals surface area contributed by atoms with Crippen LogP contribution in [0.1, 0.15) is 20.3 Å². The van der Waals surface area contributed by atoms with Crippen LogP contribution in [0, 0.1) is 11.3 Å². The van der Waals surface area contributed by atoms with Crippen molar-refractivity contribution in [3.63, 3.8) is 0 Å². The van der Waals surface area contributed by atoms with Crippen molar-refractivity contribution >= 4 is 17.3 Å². The quantitative estimate of drug-likeness (QED) is 0.669. The number of hydrogen-bond donors (Lipinski definition) is 1. The molecule has 68 valence electrons. The second-order valence-corrected chi connectivity index (χ2v) is 3.32. The predicted octanol–water partition coefficient (Wildman–Crippen LogP) is 1.11. The van der Waals surface area contributed by atoms with E-state index in [1.54, 1.807) is 0 Å². The molecule has 0 saturated heterocycles. The zero-order valence-corrected chi connectivity index (χ0v) is 8.61. The minimum Gasteiger partial charge on any atom is -0.360 e. The number of nitrogens with zero attached hydrogens (tertiary/aromatic N) is 2. The fourth-order valence-electron chi connectivity index (χ4n) is 0.676. The van der Waals surface area contributed by atoms with Gasteiger partial charge in [-0.05, 0) is 26.1 Å². The van der Waals surface area contributed by atoms with Gasteiger partial charge in [0, 0.05) is 19.6 Å². The van der Waals surface area contributed by atoms with Gasteiger partial charge in [-0.25, -0.2) is 0 Å². The summed E-state index contributed by atoms with van der Waals surface area (Å²) >= 11 is 5.07. The van der Waals surface area contributed by atoms with Crippen LogP contribution in [0.15, 0.2) is 0 Å². The Bertz CT molecular complexity index is 183. The molecule has 0 aliphatic heterocycles. The largest absolute Gasteiger partial charge is 0.360 e. The lowest BCUT2D eigenvalue weighted by atomic mass is 10.4. The zero-order chi connectivity index (χ0) is 9.56. The fraction of sp³-hybridized carbons (Fsp3) is 0.750. The predicted molar refractivity (Wildman–Crippen MR) is 53.7 cm³/mol. The van der Waals surface area contributed by atoms with Gasteiger partial charge in [0.05, 0.1) is 12.5 Å². The highest BCUT2D eigenvalue weighted by Crippen LogP contribution is 1.89. The maximum absolute atomic E-state index is 8.34. The third kappa shape index (κ3) is 4.91. The normalized spacial score (nSPS) is 9.25. The molecule has 12 heavy (non-hydrogen) atoms. The van der Waals surface area contributed by atoms with Gasteiger partial charge in [0.15, 0.2) is 5.11 Å². The number of nitriles is 1. The summed E-state index contributed by atoms with van der Waals surface area (Å²) in [4.78, 5) is 1.87. The van der Waals surface area contributed by atoms with Gasteiger partial charge < -0.3 is 10.2 Å². The molecule has 0 amide bonds. The van der Waals surface area contributed by atoms with Crippen molar-refractivity contribution < 1.29 is 0 Å². The van der Waals surface area contributed by atoms with Crippen LogP contribution in [-0.4, -0.2) is 29.6 Å². The first-order chi connectivity index (χ1) is 5.57. The van der Waals surface area contributed by atoms with E-state index in [1.807, 2.05) is 25.8 Å². The molecule has 0 radical (unpaired) electrons. The van der Waals surface area contributed by atoms with Crippen LogP contribution in [0.3, 0.4) is 0 Å². The first-order valence-electron chi connectivity index (χ1n) is 3.96. The van der Waals surface area contributed by atoms with Gasteiger partial charge >= 0.3 is 0 Å². The molecule has 0 aliphatic rings. The average molecular weight is 185 g/mol. The van der Waals surface area contributed by atoms with Crippen molar-refractivity contribution in [1.29, 1.82) is 5.26 Å². The molecule has 4 heteroatoms. The Morgan fingerprint density at radius 3 is 2.67 bits per heavy atom. The summed E-state index contributed by atoms with van der Waals surface area (Å²) in [7, 11) is 1.88. The van der Waals surface area contributed by atoms with Gasteiger partial charge in [-0.2, -0.15) is 5.26 Å². The minimum atomic E-state index is 0.349. The molecular formula is C8H15N3S. The first kappa shape index (κ1) is 11.2. The third-order valence-electron chi connectivity index (χ3n) is 1.32. The van der Waals surface area contributed by atoms with Crippen molar-refractivity contribution in [2.45, 2.75) is 26.3 Å². The molecule has 0 aromatic carbocycles. The molecule has 0 saturated carbocycles. The van der Waals surface area contributed by atoms with Crippen LogP contribution in [-0.2, 0) is 0 Å². The number of hydrogen-bond acceptors (Lipinski definition) is 2. The maximum Gasteiger partial charge on any atom is 0.168 e. The molecule has 0 aromatic rings. The fourth-order valence-corrected chi connectivity index (χ4v) is 1.00. The van der Waals surface area contributed by atoms with Crippen LogP contribution in [0.4, 0.5) is 0 Å². The highest BCUT2D eigenvalue weighted by Gasteiger charge is 2.03. The Morgan fingerprint density at radius 1 is 1.67 bits per heavy atom. The van der Waals surface area contributed by atoms with Crippen molar-refractivity contribution in [2.24, 2.45) is 0 Å². The Morgan fingerprint density at radius 2 is 2.25 bits per heavy atom. The summed E-state index contributed by atoms with van der Waals surface area (Å²) in [6, 6.07) is 2.43. The minimum absolute atomic E-state index is 0.349. The second-order valence-electron chi connectivity index (χ2n) is 2.93. The molecule has 0 aliphatic carbocycles. The number of nitrogens with one attached hydrogen (secondary N) is 1. The third-order valence-corrected chi connectivity index (χ3v) is 1.75. The Balaban J connectivity index is 3.70. The zero-order valence-electron chi connectivity index (χ0n) is 7.79. The summed E-state index contributed by atoms with van der Waals surface area (Å²) < 4.78 is 0. The number of thiocarbonyl (C=S) groups is 1. The topological polar surface area (TPSA) is 39.1 Å². The van der Waals surface area contributed by atoms with E-state index in [1.165, 1.54) is 0 Å². The lowest BCUT2D eigenvalue weighted by Gasteiger charge is -2.21. The van der Waals surface area contributed by atoms with Gasteiger partial charge in [0.25, 0.3) is 0 Å². The Hall–Kier alpha value is -0.820. The smallest absolute Gasteiger partial charge is 0.168 e. The van der Waals surface area contributed by atoms with Gasteiger partial charge in [-0.1, -0.05) is 0 Å². The Labute approximate surface area is 79.4 Å². The van der Waals surface area contributed by atoms with Crippen molar-refractivity contribution in [2.75, 3.05) is 13.6 Å². The van der Waals surface area contributed by atoms with Crippen molar-refractivity contribution in [3.05, 3.63) is 0 Å². The van der Waals surface area contributed by atoms with Crippen LogP contribution >= 0.6 is 12.2 Å². The van der Waals surface area contributed by atoms with E-state index in [2.05, 4.69) is 11.4 Å². The summed E-state index contributed by atoms with van der Waals surface area (Å²) in [6.45, 7) is 4.75. The summed E-state index contributed by atoms with van der Waals surface area (Å²) in [5, 5.41) is 12.1. The van der Waals surface area contributed by atoms with E-state index >= 15 is 0 Å². The molecule has 0 unspecified atom stereocenters. The SMILES string of the molecule is CC(C)NC(=S)N(C)CCC#N. The Kier molecular flexibility index (Phi) is 5.39. The van der Waals surface area contributed by atoms with E-state index < -0.39 is 0 Å². The maximum atomic E-state index is 8.34. The molecular weight excluding hydrogens is 170 g/mol. The van der Waals surface area contributed by atoms with E-state index in [4.69, 9.17) is 17.5 Å². The van der Waals surface area contributed by atoms with Crippen LogP contribution in [0.25, 0.3) is 0 Å².